The van der Waals surface area contributed by atoms with E-state index in [1.807, 2.05) is 11.0 Å². The summed E-state index contributed by atoms with van der Waals surface area (Å²) < 4.78 is 5.27. The molecule has 1 aliphatic rings. The van der Waals surface area contributed by atoms with Crippen molar-refractivity contribution in [2.24, 2.45) is 5.73 Å². The quantitative estimate of drug-likeness (QED) is 0.788. The molecule has 4 N–H and O–H groups in total. The second-order valence-electron chi connectivity index (χ2n) is 4.31. The van der Waals surface area contributed by atoms with Gasteiger partial charge in [-0.2, -0.15) is 0 Å². The number of benzene rings is 1. The lowest BCUT2D eigenvalue weighted by molar-refractivity contribution is -0.129. The van der Waals surface area contributed by atoms with Crippen molar-refractivity contribution in [2.45, 2.75) is 12.6 Å². The van der Waals surface area contributed by atoms with Gasteiger partial charge in [-0.25, -0.2) is 0 Å². The highest BCUT2D eigenvalue weighted by molar-refractivity contribution is 6.30. The van der Waals surface area contributed by atoms with Crippen molar-refractivity contribution in [3.8, 4) is 0 Å². The molecule has 18 heavy (non-hydrogen) atoms. The van der Waals surface area contributed by atoms with E-state index in [-0.39, 0.29) is 5.91 Å². The number of amides is 1. The standard InChI is InChI=1S/C12H16ClN3O2/c13-9-1-2-10(14)8(5-9)6-16-3-4-18-7-11(16)12(15)17/h1-2,5,11H,3-4,6-7,14H2,(H2,15,17). The third-order valence-electron chi connectivity index (χ3n) is 3.05. The molecule has 2 rings (SSSR count). The zero-order valence-electron chi connectivity index (χ0n) is 9.93. The van der Waals surface area contributed by atoms with Crippen LogP contribution in [0.25, 0.3) is 0 Å². The molecule has 1 fully saturated rings. The van der Waals surface area contributed by atoms with Gasteiger partial charge in [0.2, 0.25) is 5.91 Å². The van der Waals surface area contributed by atoms with Gasteiger partial charge in [-0.1, -0.05) is 11.6 Å². The van der Waals surface area contributed by atoms with Gasteiger partial charge in [0, 0.05) is 23.8 Å². The second-order valence-corrected chi connectivity index (χ2v) is 4.74. The number of carbonyl (C=O) groups is 1. The molecule has 1 aromatic carbocycles. The van der Waals surface area contributed by atoms with E-state index in [2.05, 4.69) is 0 Å². The largest absolute Gasteiger partial charge is 0.398 e. The van der Waals surface area contributed by atoms with Crippen LogP contribution in [0.2, 0.25) is 5.02 Å². The number of hydrogen-bond donors (Lipinski definition) is 2. The van der Waals surface area contributed by atoms with Crippen molar-refractivity contribution >= 4 is 23.2 Å². The zero-order chi connectivity index (χ0) is 13.1. The van der Waals surface area contributed by atoms with Crippen LogP contribution in [0.3, 0.4) is 0 Å². The molecule has 1 amide bonds. The third kappa shape index (κ3) is 2.93. The van der Waals surface area contributed by atoms with Crippen molar-refractivity contribution in [2.75, 3.05) is 25.5 Å². The first-order valence-corrected chi connectivity index (χ1v) is 6.10. The zero-order valence-corrected chi connectivity index (χ0v) is 10.7. The summed E-state index contributed by atoms with van der Waals surface area (Å²) >= 11 is 5.94. The first kappa shape index (κ1) is 13.1. The molecule has 0 aliphatic carbocycles. The maximum absolute atomic E-state index is 11.4. The number of hydrogen-bond acceptors (Lipinski definition) is 4. The maximum Gasteiger partial charge on any atom is 0.237 e. The Kier molecular flexibility index (Phi) is 4.06. The van der Waals surface area contributed by atoms with Gasteiger partial charge < -0.3 is 16.2 Å². The number of primary amides is 1. The van der Waals surface area contributed by atoms with E-state index in [4.69, 9.17) is 27.8 Å². The number of ether oxygens (including phenoxy) is 1. The fraction of sp³-hybridized carbons (Fsp3) is 0.417. The Morgan fingerprint density at radius 2 is 2.33 bits per heavy atom. The summed E-state index contributed by atoms with van der Waals surface area (Å²) in [6.07, 6.45) is 0. The smallest absolute Gasteiger partial charge is 0.237 e. The Morgan fingerprint density at radius 1 is 1.56 bits per heavy atom. The van der Waals surface area contributed by atoms with Crippen LogP contribution in [-0.2, 0) is 16.1 Å². The van der Waals surface area contributed by atoms with Crippen LogP contribution >= 0.6 is 11.6 Å². The SMILES string of the molecule is NC(=O)C1COCCN1Cc1cc(Cl)ccc1N. The highest BCUT2D eigenvalue weighted by Crippen LogP contribution is 2.21. The predicted octanol–water partition coefficient (Wildman–Crippen LogP) is 0.608. The van der Waals surface area contributed by atoms with Crippen LogP contribution in [0, 0.1) is 0 Å². The van der Waals surface area contributed by atoms with Crippen molar-refractivity contribution in [3.63, 3.8) is 0 Å². The predicted molar refractivity (Wildman–Crippen MR) is 70.1 cm³/mol. The first-order chi connectivity index (χ1) is 8.58. The second kappa shape index (κ2) is 5.56. The lowest BCUT2D eigenvalue weighted by atomic mass is 10.1. The highest BCUT2D eigenvalue weighted by Gasteiger charge is 2.27. The Balaban J connectivity index is 2.15. The minimum atomic E-state index is -0.405. The van der Waals surface area contributed by atoms with Crippen LogP contribution in [-0.4, -0.2) is 36.6 Å². The van der Waals surface area contributed by atoms with E-state index in [1.54, 1.807) is 12.1 Å². The lowest BCUT2D eigenvalue weighted by Gasteiger charge is -2.33. The van der Waals surface area contributed by atoms with Gasteiger partial charge in [0.15, 0.2) is 0 Å². The van der Waals surface area contributed by atoms with E-state index in [9.17, 15) is 4.79 Å². The fourth-order valence-electron chi connectivity index (χ4n) is 2.02. The molecular weight excluding hydrogens is 254 g/mol. The molecule has 1 heterocycles. The Bertz CT molecular complexity index is 453. The summed E-state index contributed by atoms with van der Waals surface area (Å²) in [4.78, 5) is 13.3. The van der Waals surface area contributed by atoms with Crippen molar-refractivity contribution in [1.82, 2.24) is 4.90 Å². The number of carbonyl (C=O) groups excluding carboxylic acids is 1. The number of nitrogens with two attached hydrogens (primary N) is 2. The van der Waals surface area contributed by atoms with Gasteiger partial charge in [0.05, 0.1) is 13.2 Å². The molecule has 1 aromatic rings. The van der Waals surface area contributed by atoms with Crippen LogP contribution in [0.1, 0.15) is 5.56 Å². The van der Waals surface area contributed by atoms with E-state index >= 15 is 0 Å². The molecule has 6 heteroatoms. The van der Waals surface area contributed by atoms with E-state index in [1.165, 1.54) is 0 Å². The minimum absolute atomic E-state index is 0.329. The highest BCUT2D eigenvalue weighted by atomic mass is 35.5. The summed E-state index contributed by atoms with van der Waals surface area (Å²) in [5.41, 5.74) is 12.8. The number of nitrogen functional groups attached to an aromatic ring is 1. The molecule has 1 aliphatic heterocycles. The van der Waals surface area contributed by atoms with Gasteiger partial charge >= 0.3 is 0 Å². The van der Waals surface area contributed by atoms with Crippen molar-refractivity contribution in [3.05, 3.63) is 28.8 Å². The van der Waals surface area contributed by atoms with Crippen molar-refractivity contribution in [1.29, 1.82) is 0 Å². The minimum Gasteiger partial charge on any atom is -0.398 e. The number of rotatable bonds is 3. The van der Waals surface area contributed by atoms with Gasteiger partial charge in [0.25, 0.3) is 0 Å². The summed E-state index contributed by atoms with van der Waals surface area (Å²) in [5.74, 6) is -0.379. The Labute approximate surface area is 111 Å². The third-order valence-corrected chi connectivity index (χ3v) is 3.28. The van der Waals surface area contributed by atoms with Gasteiger partial charge in [-0.05, 0) is 23.8 Å². The van der Waals surface area contributed by atoms with Crippen LogP contribution in [0.15, 0.2) is 18.2 Å². The molecule has 0 radical (unpaired) electrons. The molecule has 1 atom stereocenters. The van der Waals surface area contributed by atoms with Gasteiger partial charge in [0.1, 0.15) is 6.04 Å². The number of halogens is 1. The van der Waals surface area contributed by atoms with Crippen LogP contribution < -0.4 is 11.5 Å². The average Bonchev–Trinajstić information content (AvgIpc) is 2.34. The number of nitrogens with zero attached hydrogens (tertiary/aromatic N) is 1. The molecule has 5 nitrogen and oxygen atoms in total. The number of morpholine rings is 1. The molecule has 1 unspecified atom stereocenters. The fourth-order valence-corrected chi connectivity index (χ4v) is 2.21. The topological polar surface area (TPSA) is 81.6 Å². The molecule has 0 spiro atoms. The summed E-state index contributed by atoms with van der Waals surface area (Å²) in [7, 11) is 0. The number of anilines is 1. The maximum atomic E-state index is 11.4. The van der Waals surface area contributed by atoms with Crippen molar-refractivity contribution < 1.29 is 9.53 Å². The molecule has 1 saturated heterocycles. The normalized spacial score (nSPS) is 20.8. The summed E-state index contributed by atoms with van der Waals surface area (Å²) in [5, 5.41) is 0.628. The molecule has 0 saturated carbocycles. The molecule has 0 aromatic heterocycles. The van der Waals surface area contributed by atoms with Crippen LogP contribution in [0.4, 0.5) is 5.69 Å². The molecule has 0 bridgehead atoms. The molecule has 98 valence electrons. The van der Waals surface area contributed by atoms with E-state index in [0.717, 1.165) is 5.56 Å². The summed E-state index contributed by atoms with van der Waals surface area (Å²) in [6.45, 7) is 2.11. The molecular formula is C12H16ClN3O2. The lowest BCUT2D eigenvalue weighted by Crippen LogP contribution is -2.51. The Morgan fingerprint density at radius 3 is 3.06 bits per heavy atom. The van der Waals surface area contributed by atoms with Crippen LogP contribution in [0.5, 0.6) is 0 Å². The monoisotopic (exact) mass is 269 g/mol. The average molecular weight is 270 g/mol. The summed E-state index contributed by atoms with van der Waals surface area (Å²) in [6, 6.07) is 4.91. The first-order valence-electron chi connectivity index (χ1n) is 5.73. The van der Waals surface area contributed by atoms with E-state index in [0.29, 0.717) is 37.0 Å². The van der Waals surface area contributed by atoms with E-state index < -0.39 is 6.04 Å². The Hall–Kier alpha value is -1.30. The van der Waals surface area contributed by atoms with Gasteiger partial charge in [-0.15, -0.1) is 0 Å². The van der Waals surface area contributed by atoms with Gasteiger partial charge in [-0.3, -0.25) is 9.69 Å².